The molecule has 0 aliphatic rings. The molecule has 0 N–H and O–H groups in total. The standard InChI is InChI=1S/C15H14N4S/c1-11-7-9-12(10-8-11)20-14-6-4-3-5-13(14)15-16-17-18-19(15)2/h3-10H,1-2H3. The van der Waals surface area contributed by atoms with Crippen molar-refractivity contribution in [2.24, 2.45) is 7.05 Å². The van der Waals surface area contributed by atoms with E-state index in [4.69, 9.17) is 0 Å². The monoisotopic (exact) mass is 282 g/mol. The zero-order valence-corrected chi connectivity index (χ0v) is 12.1. The van der Waals surface area contributed by atoms with Crippen LogP contribution in [0.25, 0.3) is 11.4 Å². The predicted octanol–water partition coefficient (Wildman–Crippen LogP) is 3.34. The van der Waals surface area contributed by atoms with Gasteiger partial charge in [-0.05, 0) is 41.6 Å². The second-order valence-corrected chi connectivity index (χ2v) is 5.65. The molecule has 2 aromatic carbocycles. The van der Waals surface area contributed by atoms with Crippen molar-refractivity contribution in [3.63, 3.8) is 0 Å². The molecule has 0 bridgehead atoms. The molecule has 0 fully saturated rings. The van der Waals surface area contributed by atoms with Crippen molar-refractivity contribution in [3.05, 3.63) is 54.1 Å². The van der Waals surface area contributed by atoms with Crippen LogP contribution in [0.15, 0.2) is 58.3 Å². The Morgan fingerprint density at radius 1 is 1.00 bits per heavy atom. The normalized spacial score (nSPS) is 10.7. The molecular formula is C15H14N4S. The van der Waals surface area contributed by atoms with E-state index in [1.165, 1.54) is 10.5 Å². The molecule has 3 rings (SSSR count). The average Bonchev–Trinajstić information content (AvgIpc) is 2.88. The van der Waals surface area contributed by atoms with Gasteiger partial charge in [0.15, 0.2) is 5.82 Å². The lowest BCUT2D eigenvalue weighted by Crippen LogP contribution is -1.95. The minimum atomic E-state index is 0.778. The van der Waals surface area contributed by atoms with Crippen LogP contribution in [0, 0.1) is 6.92 Å². The summed E-state index contributed by atoms with van der Waals surface area (Å²) in [6.45, 7) is 2.09. The van der Waals surface area contributed by atoms with Crippen LogP contribution in [0.1, 0.15) is 5.56 Å². The predicted molar refractivity (Wildman–Crippen MR) is 79.5 cm³/mol. The van der Waals surface area contributed by atoms with Gasteiger partial charge in [0, 0.05) is 22.4 Å². The molecule has 0 aliphatic heterocycles. The molecule has 0 atom stereocenters. The van der Waals surface area contributed by atoms with Gasteiger partial charge in [-0.25, -0.2) is 4.68 Å². The smallest absolute Gasteiger partial charge is 0.182 e. The zero-order valence-electron chi connectivity index (χ0n) is 11.3. The van der Waals surface area contributed by atoms with E-state index in [0.29, 0.717) is 0 Å². The highest BCUT2D eigenvalue weighted by Gasteiger charge is 2.11. The molecule has 0 radical (unpaired) electrons. The molecule has 0 unspecified atom stereocenters. The second-order valence-electron chi connectivity index (χ2n) is 4.54. The number of nitrogens with zero attached hydrogens (tertiary/aromatic N) is 4. The van der Waals surface area contributed by atoms with Gasteiger partial charge < -0.3 is 0 Å². The molecular weight excluding hydrogens is 268 g/mol. The first kappa shape index (κ1) is 12.9. The van der Waals surface area contributed by atoms with Gasteiger partial charge in [-0.3, -0.25) is 0 Å². The summed E-state index contributed by atoms with van der Waals surface area (Å²) in [7, 11) is 1.85. The van der Waals surface area contributed by atoms with E-state index >= 15 is 0 Å². The van der Waals surface area contributed by atoms with Crippen LogP contribution in [0.4, 0.5) is 0 Å². The molecule has 5 heteroatoms. The van der Waals surface area contributed by atoms with E-state index < -0.39 is 0 Å². The van der Waals surface area contributed by atoms with Crippen LogP contribution < -0.4 is 0 Å². The summed E-state index contributed by atoms with van der Waals surface area (Å²) in [6.07, 6.45) is 0. The Hall–Kier alpha value is -2.14. The summed E-state index contributed by atoms with van der Waals surface area (Å²) in [5.74, 6) is 0.778. The van der Waals surface area contributed by atoms with E-state index in [1.54, 1.807) is 16.4 Å². The van der Waals surface area contributed by atoms with Gasteiger partial charge in [-0.2, -0.15) is 0 Å². The summed E-state index contributed by atoms with van der Waals surface area (Å²) in [4.78, 5) is 2.35. The van der Waals surface area contributed by atoms with Crippen LogP contribution in [0.3, 0.4) is 0 Å². The molecule has 1 heterocycles. The number of rotatable bonds is 3. The Morgan fingerprint density at radius 3 is 2.45 bits per heavy atom. The summed E-state index contributed by atoms with van der Waals surface area (Å²) in [6, 6.07) is 16.7. The van der Waals surface area contributed by atoms with Crippen LogP contribution in [-0.4, -0.2) is 20.2 Å². The van der Waals surface area contributed by atoms with Crippen LogP contribution >= 0.6 is 11.8 Å². The quantitative estimate of drug-likeness (QED) is 0.739. The summed E-state index contributed by atoms with van der Waals surface area (Å²) in [5, 5.41) is 11.7. The molecule has 20 heavy (non-hydrogen) atoms. The molecule has 3 aromatic rings. The number of aromatic nitrogens is 4. The Kier molecular flexibility index (Phi) is 3.52. The van der Waals surface area contributed by atoms with Crippen molar-refractivity contribution < 1.29 is 0 Å². The molecule has 0 spiro atoms. The fourth-order valence-corrected chi connectivity index (χ4v) is 2.87. The lowest BCUT2D eigenvalue weighted by Gasteiger charge is -2.07. The first-order valence-corrected chi connectivity index (χ1v) is 7.12. The van der Waals surface area contributed by atoms with Crippen molar-refractivity contribution in [2.45, 2.75) is 16.7 Å². The number of tetrazole rings is 1. The van der Waals surface area contributed by atoms with E-state index in [2.05, 4.69) is 52.8 Å². The Balaban J connectivity index is 1.98. The molecule has 1 aromatic heterocycles. The number of aryl methyl sites for hydroxylation is 2. The van der Waals surface area contributed by atoms with Crippen molar-refractivity contribution >= 4 is 11.8 Å². The van der Waals surface area contributed by atoms with Gasteiger partial charge in [0.05, 0.1) is 0 Å². The van der Waals surface area contributed by atoms with Crippen molar-refractivity contribution in [1.29, 1.82) is 0 Å². The third-order valence-corrected chi connectivity index (χ3v) is 4.08. The summed E-state index contributed by atoms with van der Waals surface area (Å²) >= 11 is 1.72. The van der Waals surface area contributed by atoms with Crippen LogP contribution in [0.2, 0.25) is 0 Å². The lowest BCUT2D eigenvalue weighted by molar-refractivity contribution is 0.714. The highest BCUT2D eigenvalue weighted by atomic mass is 32.2. The Bertz CT molecular complexity index is 719. The fraction of sp³-hybridized carbons (Fsp3) is 0.133. The lowest BCUT2D eigenvalue weighted by atomic mass is 10.2. The van der Waals surface area contributed by atoms with Crippen LogP contribution in [0.5, 0.6) is 0 Å². The molecule has 100 valence electrons. The van der Waals surface area contributed by atoms with Gasteiger partial charge >= 0.3 is 0 Å². The fourth-order valence-electron chi connectivity index (χ4n) is 1.93. The van der Waals surface area contributed by atoms with Gasteiger partial charge in [-0.1, -0.05) is 41.6 Å². The Labute approximate surface area is 121 Å². The van der Waals surface area contributed by atoms with E-state index in [-0.39, 0.29) is 0 Å². The van der Waals surface area contributed by atoms with E-state index in [0.717, 1.165) is 16.3 Å². The zero-order chi connectivity index (χ0) is 13.9. The first-order valence-electron chi connectivity index (χ1n) is 6.30. The van der Waals surface area contributed by atoms with Crippen molar-refractivity contribution in [1.82, 2.24) is 20.2 Å². The SMILES string of the molecule is Cc1ccc(Sc2ccccc2-c2nnnn2C)cc1. The summed E-state index contributed by atoms with van der Waals surface area (Å²) < 4.78 is 1.69. The molecule has 0 saturated heterocycles. The largest absolute Gasteiger partial charge is 0.229 e. The maximum absolute atomic E-state index is 4.09. The minimum absolute atomic E-state index is 0.778. The molecule has 0 amide bonds. The topological polar surface area (TPSA) is 43.6 Å². The van der Waals surface area contributed by atoms with Crippen LogP contribution in [-0.2, 0) is 7.05 Å². The maximum Gasteiger partial charge on any atom is 0.182 e. The first-order chi connectivity index (χ1) is 9.74. The van der Waals surface area contributed by atoms with E-state index in [1.807, 2.05) is 25.2 Å². The third kappa shape index (κ3) is 2.58. The highest BCUT2D eigenvalue weighted by molar-refractivity contribution is 7.99. The van der Waals surface area contributed by atoms with E-state index in [9.17, 15) is 0 Å². The van der Waals surface area contributed by atoms with Gasteiger partial charge in [0.25, 0.3) is 0 Å². The maximum atomic E-state index is 4.09. The molecule has 0 saturated carbocycles. The number of hydrogen-bond donors (Lipinski definition) is 0. The minimum Gasteiger partial charge on any atom is -0.229 e. The second kappa shape index (κ2) is 5.46. The molecule has 0 aliphatic carbocycles. The van der Waals surface area contributed by atoms with Crippen molar-refractivity contribution in [3.8, 4) is 11.4 Å². The van der Waals surface area contributed by atoms with Gasteiger partial charge in [0.2, 0.25) is 0 Å². The number of benzene rings is 2. The third-order valence-electron chi connectivity index (χ3n) is 3.00. The van der Waals surface area contributed by atoms with Crippen molar-refractivity contribution in [2.75, 3.05) is 0 Å². The summed E-state index contributed by atoms with van der Waals surface area (Å²) in [5.41, 5.74) is 2.31. The van der Waals surface area contributed by atoms with Gasteiger partial charge in [0.1, 0.15) is 0 Å². The van der Waals surface area contributed by atoms with Gasteiger partial charge in [-0.15, -0.1) is 5.10 Å². The highest BCUT2D eigenvalue weighted by Crippen LogP contribution is 2.34. The Morgan fingerprint density at radius 2 is 1.75 bits per heavy atom. The number of hydrogen-bond acceptors (Lipinski definition) is 4. The molecule has 4 nitrogen and oxygen atoms in total. The average molecular weight is 282 g/mol.